The molecule has 1 aromatic heterocycles. The Balaban J connectivity index is 2.24. The molecule has 2 aromatic rings. The van der Waals surface area contributed by atoms with Crippen LogP contribution in [0.25, 0.3) is 0 Å². The zero-order valence-corrected chi connectivity index (χ0v) is 11.2. The van der Waals surface area contributed by atoms with Gasteiger partial charge in [0, 0.05) is 10.7 Å². The first-order valence-corrected chi connectivity index (χ1v) is 5.97. The SMILES string of the molecule is COc1ccc(Br)c(Cn2cc(C(=O)O)cn2)c1. The molecule has 0 aliphatic heterocycles. The highest BCUT2D eigenvalue weighted by molar-refractivity contribution is 9.10. The Morgan fingerprint density at radius 1 is 1.56 bits per heavy atom. The van der Waals surface area contributed by atoms with E-state index in [1.165, 1.54) is 12.4 Å². The predicted octanol–water partition coefficient (Wildman–Crippen LogP) is 2.40. The Bertz CT molecular complexity index is 580. The van der Waals surface area contributed by atoms with Crippen LogP contribution in [0.1, 0.15) is 15.9 Å². The number of methoxy groups -OCH3 is 1. The van der Waals surface area contributed by atoms with Gasteiger partial charge in [-0.05, 0) is 23.8 Å². The van der Waals surface area contributed by atoms with Crippen molar-refractivity contribution in [2.75, 3.05) is 7.11 Å². The van der Waals surface area contributed by atoms with E-state index >= 15 is 0 Å². The van der Waals surface area contributed by atoms with Crippen LogP contribution >= 0.6 is 15.9 Å². The van der Waals surface area contributed by atoms with E-state index in [1.807, 2.05) is 18.2 Å². The maximum atomic E-state index is 10.8. The third-order valence-corrected chi connectivity index (χ3v) is 3.24. The van der Waals surface area contributed by atoms with Crippen molar-refractivity contribution in [1.29, 1.82) is 0 Å². The second kappa shape index (κ2) is 5.22. The summed E-state index contributed by atoms with van der Waals surface area (Å²) in [6, 6.07) is 5.61. The molecule has 0 amide bonds. The summed E-state index contributed by atoms with van der Waals surface area (Å²) < 4.78 is 7.65. The number of carboxylic acids is 1. The first kappa shape index (κ1) is 12.6. The summed E-state index contributed by atoms with van der Waals surface area (Å²) >= 11 is 3.44. The monoisotopic (exact) mass is 310 g/mol. The van der Waals surface area contributed by atoms with Crippen LogP contribution < -0.4 is 4.74 Å². The molecule has 0 radical (unpaired) electrons. The quantitative estimate of drug-likeness (QED) is 0.942. The molecule has 0 bridgehead atoms. The highest BCUT2D eigenvalue weighted by Crippen LogP contribution is 2.23. The fraction of sp³-hybridized carbons (Fsp3) is 0.167. The topological polar surface area (TPSA) is 64.3 Å². The van der Waals surface area contributed by atoms with Crippen LogP contribution in [0.3, 0.4) is 0 Å². The van der Waals surface area contributed by atoms with Gasteiger partial charge in [0.1, 0.15) is 5.75 Å². The Morgan fingerprint density at radius 3 is 2.94 bits per heavy atom. The van der Waals surface area contributed by atoms with E-state index in [0.717, 1.165) is 15.8 Å². The molecule has 6 heteroatoms. The molecule has 0 saturated carbocycles. The highest BCUT2D eigenvalue weighted by Gasteiger charge is 2.08. The van der Waals surface area contributed by atoms with Crippen molar-refractivity contribution in [2.24, 2.45) is 0 Å². The smallest absolute Gasteiger partial charge is 0.338 e. The van der Waals surface area contributed by atoms with Gasteiger partial charge in [-0.1, -0.05) is 15.9 Å². The van der Waals surface area contributed by atoms with E-state index in [4.69, 9.17) is 9.84 Å². The number of hydrogen-bond donors (Lipinski definition) is 1. The summed E-state index contributed by atoms with van der Waals surface area (Å²) in [4.78, 5) is 10.8. The third-order valence-electron chi connectivity index (χ3n) is 2.47. The molecule has 0 spiro atoms. The molecule has 2 rings (SSSR count). The number of hydrogen-bond acceptors (Lipinski definition) is 3. The second-order valence-electron chi connectivity index (χ2n) is 3.69. The van der Waals surface area contributed by atoms with Gasteiger partial charge >= 0.3 is 5.97 Å². The number of rotatable bonds is 4. The molecule has 0 aliphatic carbocycles. The van der Waals surface area contributed by atoms with Gasteiger partial charge in [0.05, 0.1) is 25.4 Å². The van der Waals surface area contributed by atoms with Crippen LogP contribution in [0.2, 0.25) is 0 Å². The van der Waals surface area contributed by atoms with Crippen LogP contribution in [0, 0.1) is 0 Å². The number of benzene rings is 1. The summed E-state index contributed by atoms with van der Waals surface area (Å²) in [5.74, 6) is -0.232. The van der Waals surface area contributed by atoms with E-state index in [-0.39, 0.29) is 5.56 Å². The van der Waals surface area contributed by atoms with Gasteiger partial charge in [-0.15, -0.1) is 0 Å². The molecule has 0 atom stereocenters. The molecule has 1 N–H and O–H groups in total. The molecule has 94 valence electrons. The number of halogens is 1. The zero-order chi connectivity index (χ0) is 13.1. The summed E-state index contributed by atoms with van der Waals surface area (Å²) in [7, 11) is 1.60. The van der Waals surface area contributed by atoms with Gasteiger partial charge in [-0.3, -0.25) is 4.68 Å². The summed E-state index contributed by atoms with van der Waals surface area (Å²) in [6.45, 7) is 0.477. The minimum Gasteiger partial charge on any atom is -0.497 e. The van der Waals surface area contributed by atoms with Crippen LogP contribution in [0.5, 0.6) is 5.75 Å². The molecule has 0 fully saturated rings. The highest BCUT2D eigenvalue weighted by atomic mass is 79.9. The molecule has 18 heavy (non-hydrogen) atoms. The number of aromatic carboxylic acids is 1. The Morgan fingerprint density at radius 2 is 2.33 bits per heavy atom. The third kappa shape index (κ3) is 2.70. The summed E-state index contributed by atoms with van der Waals surface area (Å²) in [5, 5.41) is 12.8. The van der Waals surface area contributed by atoms with Gasteiger partial charge in [0.25, 0.3) is 0 Å². The average molecular weight is 311 g/mol. The lowest BCUT2D eigenvalue weighted by Crippen LogP contribution is -2.01. The van der Waals surface area contributed by atoms with Crippen molar-refractivity contribution in [3.05, 3.63) is 46.2 Å². The van der Waals surface area contributed by atoms with Crippen LogP contribution in [-0.4, -0.2) is 28.0 Å². The fourth-order valence-corrected chi connectivity index (χ4v) is 1.91. The molecular weight excluding hydrogens is 300 g/mol. The molecule has 0 unspecified atom stereocenters. The lowest BCUT2D eigenvalue weighted by molar-refractivity contribution is 0.0697. The van der Waals surface area contributed by atoms with Gasteiger partial charge in [0.15, 0.2) is 0 Å². The predicted molar refractivity (Wildman–Crippen MR) is 69.0 cm³/mol. The van der Waals surface area contributed by atoms with Crippen molar-refractivity contribution in [1.82, 2.24) is 9.78 Å². The lowest BCUT2D eigenvalue weighted by Gasteiger charge is -2.07. The standard InChI is InChI=1S/C12H11BrN2O3/c1-18-10-2-3-11(13)8(4-10)6-15-7-9(5-14-15)12(16)17/h2-5,7H,6H2,1H3,(H,16,17). The van der Waals surface area contributed by atoms with Gasteiger partial charge in [-0.25, -0.2) is 4.79 Å². The fourth-order valence-electron chi connectivity index (χ4n) is 1.53. The maximum absolute atomic E-state index is 10.8. The molecular formula is C12H11BrN2O3. The molecule has 1 aromatic carbocycles. The van der Waals surface area contributed by atoms with Crippen LogP contribution in [-0.2, 0) is 6.54 Å². The van der Waals surface area contributed by atoms with Crippen molar-refractivity contribution in [3.8, 4) is 5.75 Å². The summed E-state index contributed by atoms with van der Waals surface area (Å²) in [5.41, 5.74) is 1.14. The van der Waals surface area contributed by atoms with Gasteiger partial charge in [0.2, 0.25) is 0 Å². The number of ether oxygens (including phenoxy) is 1. The van der Waals surface area contributed by atoms with Crippen LogP contribution in [0.15, 0.2) is 35.1 Å². The average Bonchev–Trinajstić information content (AvgIpc) is 2.81. The van der Waals surface area contributed by atoms with E-state index in [2.05, 4.69) is 21.0 Å². The second-order valence-corrected chi connectivity index (χ2v) is 4.54. The Labute approximate surface area is 112 Å². The van der Waals surface area contributed by atoms with E-state index in [0.29, 0.717) is 6.54 Å². The van der Waals surface area contributed by atoms with Crippen molar-refractivity contribution in [3.63, 3.8) is 0 Å². The number of nitrogens with zero attached hydrogens (tertiary/aromatic N) is 2. The molecule has 0 aliphatic rings. The Hall–Kier alpha value is -1.82. The van der Waals surface area contributed by atoms with E-state index in [9.17, 15) is 4.79 Å². The molecule has 1 heterocycles. The lowest BCUT2D eigenvalue weighted by atomic mass is 10.2. The van der Waals surface area contributed by atoms with Crippen molar-refractivity contribution >= 4 is 21.9 Å². The first-order valence-electron chi connectivity index (χ1n) is 5.18. The van der Waals surface area contributed by atoms with E-state index < -0.39 is 5.97 Å². The zero-order valence-electron chi connectivity index (χ0n) is 9.63. The number of aromatic nitrogens is 2. The molecule has 5 nitrogen and oxygen atoms in total. The number of carboxylic acid groups (broad SMARTS) is 1. The number of carbonyl (C=O) groups is 1. The van der Waals surface area contributed by atoms with Crippen LogP contribution in [0.4, 0.5) is 0 Å². The summed E-state index contributed by atoms with van der Waals surface area (Å²) in [6.07, 6.45) is 2.82. The van der Waals surface area contributed by atoms with E-state index in [1.54, 1.807) is 11.8 Å². The first-order chi connectivity index (χ1) is 8.60. The Kier molecular flexibility index (Phi) is 3.66. The maximum Gasteiger partial charge on any atom is 0.338 e. The minimum absolute atomic E-state index is 0.175. The van der Waals surface area contributed by atoms with Gasteiger partial charge in [-0.2, -0.15) is 5.10 Å². The van der Waals surface area contributed by atoms with Crippen molar-refractivity contribution in [2.45, 2.75) is 6.54 Å². The van der Waals surface area contributed by atoms with Gasteiger partial charge < -0.3 is 9.84 Å². The largest absolute Gasteiger partial charge is 0.497 e. The van der Waals surface area contributed by atoms with Crippen molar-refractivity contribution < 1.29 is 14.6 Å². The minimum atomic E-state index is -0.981. The normalized spacial score (nSPS) is 10.3. The molecule has 0 saturated heterocycles.